The summed E-state index contributed by atoms with van der Waals surface area (Å²) in [5, 5.41) is 11.1. The van der Waals surface area contributed by atoms with Crippen molar-refractivity contribution in [1.29, 1.82) is 0 Å². The predicted molar refractivity (Wildman–Crippen MR) is 42.9 cm³/mol. The lowest BCUT2D eigenvalue weighted by molar-refractivity contribution is -0.112. The second-order valence-corrected chi connectivity index (χ2v) is 2.14. The number of oxime groups is 1. The smallest absolute Gasteiger partial charge is 0.292 e. The average Bonchev–Trinajstić information content (AvgIpc) is 2.07. The lowest BCUT2D eigenvalue weighted by atomic mass is 10.1. The molecule has 0 saturated carbocycles. The zero-order valence-electron chi connectivity index (χ0n) is 6.19. The van der Waals surface area contributed by atoms with Crippen molar-refractivity contribution in [3.63, 3.8) is 0 Å². The standard InChI is InChI=1S/C8H7N2O2/c9-8(11)7(10-12)6-4-2-1-3-5-6/h1-5,9,12H/b10-7+. The fraction of sp³-hybridized carbons (Fsp3) is 0. The van der Waals surface area contributed by atoms with Crippen molar-refractivity contribution in [3.8, 4) is 0 Å². The van der Waals surface area contributed by atoms with Gasteiger partial charge in [-0.05, 0) is 0 Å². The van der Waals surface area contributed by atoms with Crippen LogP contribution in [0.4, 0.5) is 0 Å². The number of nitrogens with zero attached hydrogens (tertiary/aromatic N) is 1. The first kappa shape index (κ1) is 8.26. The number of amides is 1. The molecule has 0 fully saturated rings. The molecule has 12 heavy (non-hydrogen) atoms. The van der Waals surface area contributed by atoms with Gasteiger partial charge >= 0.3 is 0 Å². The molecular formula is C8H7N2O2. The number of carbonyl (C=O) groups is 1. The molecule has 0 aliphatic rings. The van der Waals surface area contributed by atoms with Gasteiger partial charge in [0, 0.05) is 5.56 Å². The highest BCUT2D eigenvalue weighted by atomic mass is 16.4. The summed E-state index contributed by atoms with van der Waals surface area (Å²) < 4.78 is 0. The van der Waals surface area contributed by atoms with Gasteiger partial charge in [-0.1, -0.05) is 35.5 Å². The minimum Gasteiger partial charge on any atom is -0.410 e. The van der Waals surface area contributed by atoms with Gasteiger partial charge in [0.15, 0.2) is 5.71 Å². The Bertz CT molecular complexity index is 306. The van der Waals surface area contributed by atoms with E-state index in [4.69, 9.17) is 10.9 Å². The summed E-state index contributed by atoms with van der Waals surface area (Å²) in [4.78, 5) is 10.6. The molecule has 1 aromatic rings. The molecule has 2 N–H and O–H groups in total. The van der Waals surface area contributed by atoms with E-state index in [1.165, 1.54) is 0 Å². The molecule has 0 aliphatic heterocycles. The van der Waals surface area contributed by atoms with Crippen LogP contribution in [0.25, 0.3) is 0 Å². The lowest BCUT2D eigenvalue weighted by Gasteiger charge is -1.96. The lowest BCUT2D eigenvalue weighted by Crippen LogP contribution is -2.15. The SMILES string of the molecule is [NH]C(=O)/C(=N/O)c1ccccc1. The number of nitrogens with one attached hydrogen (secondary N) is 1. The molecule has 0 saturated heterocycles. The maximum absolute atomic E-state index is 10.6. The van der Waals surface area contributed by atoms with Gasteiger partial charge in [-0.2, -0.15) is 0 Å². The molecule has 0 aromatic heterocycles. The molecule has 61 valence electrons. The number of hydrogen-bond acceptors (Lipinski definition) is 3. The van der Waals surface area contributed by atoms with Crippen LogP contribution < -0.4 is 5.73 Å². The quantitative estimate of drug-likeness (QED) is 0.395. The third-order valence-electron chi connectivity index (χ3n) is 1.36. The highest BCUT2D eigenvalue weighted by Gasteiger charge is 2.09. The summed E-state index contributed by atoms with van der Waals surface area (Å²) in [5.41, 5.74) is 6.95. The van der Waals surface area contributed by atoms with E-state index in [2.05, 4.69) is 5.16 Å². The van der Waals surface area contributed by atoms with E-state index >= 15 is 0 Å². The molecule has 0 spiro atoms. The second-order valence-electron chi connectivity index (χ2n) is 2.14. The topological polar surface area (TPSA) is 73.5 Å². The van der Waals surface area contributed by atoms with Crippen LogP contribution in [0.3, 0.4) is 0 Å². The summed E-state index contributed by atoms with van der Waals surface area (Å²) in [6, 6.07) is 8.36. The third-order valence-corrected chi connectivity index (χ3v) is 1.36. The summed E-state index contributed by atoms with van der Waals surface area (Å²) in [5.74, 6) is -0.997. The zero-order chi connectivity index (χ0) is 8.97. The predicted octanol–water partition coefficient (Wildman–Crippen LogP) is 0.674. The Kier molecular flexibility index (Phi) is 2.42. The molecule has 1 aromatic carbocycles. The van der Waals surface area contributed by atoms with Crippen molar-refractivity contribution in [2.45, 2.75) is 0 Å². The Labute approximate surface area is 69.3 Å². The Morgan fingerprint density at radius 3 is 2.33 bits per heavy atom. The van der Waals surface area contributed by atoms with E-state index in [1.54, 1.807) is 30.3 Å². The van der Waals surface area contributed by atoms with Crippen molar-refractivity contribution in [2.24, 2.45) is 5.16 Å². The van der Waals surface area contributed by atoms with Crippen molar-refractivity contribution in [1.82, 2.24) is 5.73 Å². The largest absolute Gasteiger partial charge is 0.410 e. The maximum Gasteiger partial charge on any atom is 0.292 e. The van der Waals surface area contributed by atoms with E-state index in [0.717, 1.165) is 0 Å². The minimum absolute atomic E-state index is 0.240. The highest BCUT2D eigenvalue weighted by molar-refractivity contribution is 6.44. The number of carbonyl (C=O) groups excluding carboxylic acids is 1. The van der Waals surface area contributed by atoms with Crippen LogP contribution in [-0.2, 0) is 4.79 Å². The van der Waals surface area contributed by atoms with Gasteiger partial charge in [-0.15, -0.1) is 0 Å². The van der Waals surface area contributed by atoms with E-state index in [1.807, 2.05) is 0 Å². The van der Waals surface area contributed by atoms with Gasteiger partial charge < -0.3 is 5.21 Å². The average molecular weight is 163 g/mol. The molecule has 0 atom stereocenters. The van der Waals surface area contributed by atoms with Crippen molar-refractivity contribution in [3.05, 3.63) is 35.9 Å². The molecule has 0 unspecified atom stereocenters. The van der Waals surface area contributed by atoms with E-state index in [9.17, 15) is 4.79 Å². The minimum atomic E-state index is -0.997. The van der Waals surface area contributed by atoms with Crippen LogP contribution in [0.5, 0.6) is 0 Å². The monoisotopic (exact) mass is 163 g/mol. The maximum atomic E-state index is 10.6. The first-order valence-corrected chi connectivity index (χ1v) is 3.29. The fourth-order valence-corrected chi connectivity index (χ4v) is 0.830. The van der Waals surface area contributed by atoms with Gasteiger partial charge in [-0.3, -0.25) is 10.5 Å². The molecule has 1 radical (unpaired) electrons. The van der Waals surface area contributed by atoms with Gasteiger partial charge in [0.2, 0.25) is 0 Å². The summed E-state index contributed by atoms with van der Waals surface area (Å²) in [6.45, 7) is 0. The molecular weight excluding hydrogens is 156 g/mol. The van der Waals surface area contributed by atoms with Gasteiger partial charge in [0.1, 0.15) is 0 Å². The van der Waals surface area contributed by atoms with Gasteiger partial charge in [-0.25, -0.2) is 0 Å². The molecule has 0 aliphatic carbocycles. The van der Waals surface area contributed by atoms with Crippen molar-refractivity contribution < 1.29 is 10.0 Å². The number of hydrogen-bond donors (Lipinski definition) is 1. The van der Waals surface area contributed by atoms with E-state index in [-0.39, 0.29) is 5.71 Å². The molecule has 4 nitrogen and oxygen atoms in total. The fourth-order valence-electron chi connectivity index (χ4n) is 0.830. The molecule has 1 amide bonds. The number of benzene rings is 1. The molecule has 4 heteroatoms. The summed E-state index contributed by atoms with van der Waals surface area (Å²) >= 11 is 0. The van der Waals surface area contributed by atoms with Crippen LogP contribution in [0.1, 0.15) is 5.56 Å². The Morgan fingerprint density at radius 1 is 1.33 bits per heavy atom. The normalized spacial score (nSPS) is 11.2. The van der Waals surface area contributed by atoms with E-state index in [0.29, 0.717) is 5.56 Å². The van der Waals surface area contributed by atoms with Crippen LogP contribution in [-0.4, -0.2) is 16.8 Å². The zero-order valence-corrected chi connectivity index (χ0v) is 6.19. The Morgan fingerprint density at radius 2 is 1.92 bits per heavy atom. The van der Waals surface area contributed by atoms with Crippen LogP contribution >= 0.6 is 0 Å². The van der Waals surface area contributed by atoms with Crippen LogP contribution in [0.2, 0.25) is 0 Å². The summed E-state index contributed by atoms with van der Waals surface area (Å²) in [7, 11) is 0. The molecule has 0 heterocycles. The van der Waals surface area contributed by atoms with Crippen molar-refractivity contribution >= 4 is 11.6 Å². The van der Waals surface area contributed by atoms with Gasteiger partial charge in [0.05, 0.1) is 0 Å². The van der Waals surface area contributed by atoms with Crippen molar-refractivity contribution in [2.75, 3.05) is 0 Å². The summed E-state index contributed by atoms with van der Waals surface area (Å²) in [6.07, 6.45) is 0. The Hall–Kier alpha value is -1.84. The second kappa shape index (κ2) is 3.52. The van der Waals surface area contributed by atoms with Crippen LogP contribution in [0.15, 0.2) is 35.5 Å². The van der Waals surface area contributed by atoms with E-state index < -0.39 is 5.91 Å². The van der Waals surface area contributed by atoms with Gasteiger partial charge in [0.25, 0.3) is 5.91 Å². The third kappa shape index (κ3) is 1.60. The van der Waals surface area contributed by atoms with Crippen LogP contribution in [0, 0.1) is 0 Å². The molecule has 1 rings (SSSR count). The molecule has 0 bridgehead atoms. The highest BCUT2D eigenvalue weighted by Crippen LogP contribution is 2.00. The number of rotatable bonds is 2. The first-order chi connectivity index (χ1) is 5.75. The Balaban J connectivity index is 3.05. The first-order valence-electron chi connectivity index (χ1n) is 3.29.